The molecule has 3 rings (SSSR count). The molecule has 0 radical (unpaired) electrons. The van der Waals surface area contributed by atoms with Crippen molar-refractivity contribution in [2.45, 2.75) is 39.7 Å². The van der Waals surface area contributed by atoms with Crippen LogP contribution in [-0.4, -0.2) is 22.6 Å². The Labute approximate surface area is 130 Å². The average molecular weight is 299 g/mol. The Morgan fingerprint density at radius 2 is 2.18 bits per heavy atom. The second kappa shape index (κ2) is 5.83. The van der Waals surface area contributed by atoms with E-state index in [0.29, 0.717) is 0 Å². The van der Waals surface area contributed by atoms with Gasteiger partial charge in [0.25, 0.3) is 0 Å². The largest absolute Gasteiger partial charge is 0.359 e. The number of hydrogen-bond acceptors (Lipinski definition) is 3. The van der Waals surface area contributed by atoms with Crippen molar-refractivity contribution in [3.63, 3.8) is 0 Å². The Bertz CT molecular complexity index is 693. The maximum Gasteiger partial charge on any atom is 0.322 e. The molecular weight excluding hydrogens is 278 g/mol. The molecule has 1 atom stereocenters. The second-order valence-electron chi connectivity index (χ2n) is 5.90. The van der Waals surface area contributed by atoms with Crippen molar-refractivity contribution in [3.05, 3.63) is 46.8 Å². The second-order valence-corrected chi connectivity index (χ2v) is 5.90. The zero-order valence-corrected chi connectivity index (χ0v) is 13.2. The lowest BCUT2D eigenvalue weighted by atomic mass is 10.1. The number of anilines is 1. The minimum Gasteiger partial charge on any atom is -0.359 e. The van der Waals surface area contributed by atoms with Crippen LogP contribution in [0.1, 0.15) is 41.5 Å². The Kier molecular flexibility index (Phi) is 3.88. The molecule has 5 nitrogen and oxygen atoms in total. The molecule has 2 aromatic rings. The van der Waals surface area contributed by atoms with Crippen molar-refractivity contribution in [1.29, 1.82) is 0 Å². The van der Waals surface area contributed by atoms with Gasteiger partial charge < -0.3 is 14.7 Å². The summed E-state index contributed by atoms with van der Waals surface area (Å²) < 4.78 is 5.35. The number of likely N-dealkylation sites (tertiary alicyclic amines) is 1. The number of aromatic nitrogens is 1. The third kappa shape index (κ3) is 2.71. The molecular formula is C17H21N3O2. The standard InChI is InChI=1S/C17H21N3O2/c1-11-6-4-7-14(13(11)3)18-17(21)20-9-5-8-15(20)16-10-12(2)19-22-16/h4,6-7,10,15H,5,8-9H2,1-3H3,(H,18,21)/t15-/m1/s1. The number of nitrogens with one attached hydrogen (secondary N) is 1. The van der Waals surface area contributed by atoms with Crippen molar-refractivity contribution in [3.8, 4) is 0 Å². The molecule has 116 valence electrons. The summed E-state index contributed by atoms with van der Waals surface area (Å²) in [6, 6.07) is 7.75. The van der Waals surface area contributed by atoms with Crippen LogP contribution >= 0.6 is 0 Å². The number of rotatable bonds is 2. The fourth-order valence-electron chi connectivity index (χ4n) is 2.92. The summed E-state index contributed by atoms with van der Waals surface area (Å²) in [6.07, 6.45) is 1.89. The van der Waals surface area contributed by atoms with Gasteiger partial charge in [0.15, 0.2) is 5.76 Å². The van der Waals surface area contributed by atoms with E-state index in [1.165, 1.54) is 5.56 Å². The molecule has 1 fully saturated rings. The van der Waals surface area contributed by atoms with Crippen LogP contribution in [0, 0.1) is 20.8 Å². The van der Waals surface area contributed by atoms with E-state index in [0.717, 1.165) is 42.1 Å². The van der Waals surface area contributed by atoms with Crippen molar-refractivity contribution in [2.24, 2.45) is 0 Å². The molecule has 1 aromatic heterocycles. The molecule has 5 heteroatoms. The molecule has 0 unspecified atom stereocenters. The molecule has 0 saturated carbocycles. The number of benzene rings is 1. The van der Waals surface area contributed by atoms with Crippen LogP contribution in [0.4, 0.5) is 10.5 Å². The molecule has 1 aliphatic heterocycles. The predicted molar refractivity (Wildman–Crippen MR) is 84.9 cm³/mol. The summed E-state index contributed by atoms with van der Waals surface area (Å²) in [6.45, 7) is 6.69. The van der Waals surface area contributed by atoms with Crippen LogP contribution < -0.4 is 5.32 Å². The monoisotopic (exact) mass is 299 g/mol. The van der Waals surface area contributed by atoms with E-state index in [1.54, 1.807) is 0 Å². The predicted octanol–water partition coefficient (Wildman–Crippen LogP) is 3.97. The van der Waals surface area contributed by atoms with Gasteiger partial charge >= 0.3 is 6.03 Å². The first-order valence-corrected chi connectivity index (χ1v) is 7.63. The highest BCUT2D eigenvalue weighted by molar-refractivity contribution is 5.90. The zero-order valence-electron chi connectivity index (χ0n) is 13.2. The van der Waals surface area contributed by atoms with Crippen molar-refractivity contribution >= 4 is 11.7 Å². The van der Waals surface area contributed by atoms with E-state index in [2.05, 4.69) is 10.5 Å². The third-order valence-corrected chi connectivity index (χ3v) is 4.33. The van der Waals surface area contributed by atoms with Crippen LogP contribution in [-0.2, 0) is 0 Å². The fourth-order valence-corrected chi connectivity index (χ4v) is 2.92. The number of urea groups is 1. The number of carbonyl (C=O) groups excluding carboxylic acids is 1. The molecule has 2 amide bonds. The highest BCUT2D eigenvalue weighted by Gasteiger charge is 2.32. The van der Waals surface area contributed by atoms with Gasteiger partial charge in [-0.2, -0.15) is 0 Å². The van der Waals surface area contributed by atoms with Gasteiger partial charge in [0.05, 0.1) is 11.7 Å². The Balaban J connectivity index is 1.78. The molecule has 0 spiro atoms. The number of nitrogens with zero attached hydrogens (tertiary/aromatic N) is 2. The van der Waals surface area contributed by atoms with E-state index in [4.69, 9.17) is 4.52 Å². The highest BCUT2D eigenvalue weighted by Crippen LogP contribution is 2.33. The normalized spacial score (nSPS) is 17.8. The average Bonchev–Trinajstić information content (AvgIpc) is 3.12. The molecule has 22 heavy (non-hydrogen) atoms. The maximum absolute atomic E-state index is 12.6. The third-order valence-electron chi connectivity index (χ3n) is 4.33. The van der Waals surface area contributed by atoms with Gasteiger partial charge in [-0.25, -0.2) is 4.79 Å². The number of carbonyl (C=O) groups is 1. The van der Waals surface area contributed by atoms with Crippen LogP contribution in [0.3, 0.4) is 0 Å². The molecule has 1 N–H and O–H groups in total. The smallest absolute Gasteiger partial charge is 0.322 e. The molecule has 1 aromatic carbocycles. The first-order valence-electron chi connectivity index (χ1n) is 7.63. The molecule has 2 heterocycles. The van der Waals surface area contributed by atoms with E-state index >= 15 is 0 Å². The van der Waals surface area contributed by atoms with Crippen LogP contribution in [0.15, 0.2) is 28.8 Å². The summed E-state index contributed by atoms with van der Waals surface area (Å²) >= 11 is 0. The molecule has 0 bridgehead atoms. The van der Waals surface area contributed by atoms with Gasteiger partial charge in [0.1, 0.15) is 0 Å². The van der Waals surface area contributed by atoms with Crippen LogP contribution in [0.25, 0.3) is 0 Å². The van der Waals surface area contributed by atoms with Crippen molar-refractivity contribution in [1.82, 2.24) is 10.1 Å². The lowest BCUT2D eigenvalue weighted by molar-refractivity contribution is 0.195. The van der Waals surface area contributed by atoms with Gasteiger partial charge in [-0.1, -0.05) is 17.3 Å². The van der Waals surface area contributed by atoms with E-state index in [9.17, 15) is 4.79 Å². The van der Waals surface area contributed by atoms with E-state index < -0.39 is 0 Å². The van der Waals surface area contributed by atoms with Gasteiger partial charge in [-0.3, -0.25) is 0 Å². The quantitative estimate of drug-likeness (QED) is 0.912. The summed E-state index contributed by atoms with van der Waals surface area (Å²) in [5, 5.41) is 6.96. The SMILES string of the molecule is Cc1cc([C@H]2CCCN2C(=O)Nc2cccc(C)c2C)on1. The van der Waals surface area contributed by atoms with Crippen molar-refractivity contribution < 1.29 is 9.32 Å². The number of aryl methyl sites for hydroxylation is 2. The zero-order chi connectivity index (χ0) is 15.7. The highest BCUT2D eigenvalue weighted by atomic mass is 16.5. The van der Waals surface area contributed by atoms with Crippen molar-refractivity contribution in [2.75, 3.05) is 11.9 Å². The summed E-state index contributed by atoms with van der Waals surface area (Å²) in [7, 11) is 0. The van der Waals surface area contributed by atoms with Gasteiger partial charge in [0, 0.05) is 18.3 Å². The number of amides is 2. The minimum atomic E-state index is -0.0785. The Morgan fingerprint density at radius 1 is 1.36 bits per heavy atom. The van der Waals surface area contributed by atoms with Gasteiger partial charge in [-0.05, 0) is 50.8 Å². The first-order chi connectivity index (χ1) is 10.6. The fraction of sp³-hybridized carbons (Fsp3) is 0.412. The molecule has 0 aliphatic carbocycles. The minimum absolute atomic E-state index is 0.0219. The lowest BCUT2D eigenvalue weighted by Gasteiger charge is -2.23. The van der Waals surface area contributed by atoms with Gasteiger partial charge in [0.2, 0.25) is 0 Å². The lowest BCUT2D eigenvalue weighted by Crippen LogP contribution is -2.34. The Hall–Kier alpha value is -2.30. The van der Waals surface area contributed by atoms with Gasteiger partial charge in [-0.15, -0.1) is 0 Å². The number of hydrogen-bond donors (Lipinski definition) is 1. The van der Waals surface area contributed by atoms with E-state index in [-0.39, 0.29) is 12.1 Å². The summed E-state index contributed by atoms with van der Waals surface area (Å²) in [5.74, 6) is 0.770. The summed E-state index contributed by atoms with van der Waals surface area (Å²) in [5.41, 5.74) is 3.98. The Morgan fingerprint density at radius 3 is 2.91 bits per heavy atom. The summed E-state index contributed by atoms with van der Waals surface area (Å²) in [4.78, 5) is 14.5. The maximum atomic E-state index is 12.6. The molecule has 1 saturated heterocycles. The topological polar surface area (TPSA) is 58.4 Å². The van der Waals surface area contributed by atoms with Crippen LogP contribution in [0.2, 0.25) is 0 Å². The first kappa shape index (κ1) is 14.6. The molecule has 1 aliphatic rings. The van der Waals surface area contributed by atoms with E-state index in [1.807, 2.05) is 49.9 Å². The van der Waals surface area contributed by atoms with Crippen LogP contribution in [0.5, 0.6) is 0 Å².